The predicted molar refractivity (Wildman–Crippen MR) is 87.0 cm³/mol. The van der Waals surface area contributed by atoms with Crippen molar-refractivity contribution in [2.75, 3.05) is 13.7 Å². The first-order valence-electron chi connectivity index (χ1n) is 6.66. The highest BCUT2D eigenvalue weighted by Gasteiger charge is 2.45. The lowest BCUT2D eigenvalue weighted by Gasteiger charge is -2.39. The molecule has 21 heavy (non-hydrogen) atoms. The van der Waals surface area contributed by atoms with Crippen molar-refractivity contribution >= 4 is 30.3 Å². The first-order chi connectivity index (χ1) is 9.97. The van der Waals surface area contributed by atoms with E-state index < -0.39 is 12.1 Å². The van der Waals surface area contributed by atoms with Crippen LogP contribution in [0.5, 0.6) is 0 Å². The summed E-state index contributed by atoms with van der Waals surface area (Å²) in [6.07, 6.45) is -3.83. The van der Waals surface area contributed by atoms with Crippen molar-refractivity contribution in [2.45, 2.75) is 31.7 Å². The van der Waals surface area contributed by atoms with Crippen LogP contribution in [0.4, 0.5) is 13.2 Å². The zero-order valence-electron chi connectivity index (χ0n) is 11.6. The van der Waals surface area contributed by atoms with Crippen LogP contribution >= 0.6 is 30.3 Å². The van der Waals surface area contributed by atoms with Crippen molar-refractivity contribution < 1.29 is 17.9 Å². The quantitative estimate of drug-likeness (QED) is 0.484. The second-order valence-corrected chi connectivity index (χ2v) is 6.91. The van der Waals surface area contributed by atoms with E-state index in [0.717, 1.165) is 11.1 Å². The van der Waals surface area contributed by atoms with Gasteiger partial charge in [0.15, 0.2) is 0 Å². The van der Waals surface area contributed by atoms with Crippen molar-refractivity contribution in [1.82, 2.24) is 4.31 Å². The Morgan fingerprint density at radius 1 is 1.38 bits per heavy atom. The summed E-state index contributed by atoms with van der Waals surface area (Å²) in [5.74, 6) is -1.22. The van der Waals surface area contributed by atoms with Gasteiger partial charge in [0.25, 0.3) is 0 Å². The van der Waals surface area contributed by atoms with Crippen molar-refractivity contribution in [3.63, 3.8) is 0 Å². The number of methoxy groups -OCH3 is 1. The third-order valence-electron chi connectivity index (χ3n) is 3.82. The number of halogens is 4. The van der Waals surface area contributed by atoms with Gasteiger partial charge in [0.05, 0.1) is 12.5 Å². The molecule has 2 nitrogen and oxygen atoms in total. The van der Waals surface area contributed by atoms with Gasteiger partial charge in [0.2, 0.25) is 0 Å². The summed E-state index contributed by atoms with van der Waals surface area (Å²) in [6, 6.07) is 7.38. The maximum atomic E-state index is 13.1. The fraction of sp³-hybridized carbons (Fsp3) is 0.571. The molecule has 0 N–H and O–H groups in total. The molecular weight excluding hydrogens is 414 g/mol. The summed E-state index contributed by atoms with van der Waals surface area (Å²) < 4.78 is 46.4. The first kappa shape index (κ1) is 17.4. The Kier molecular flexibility index (Phi) is 6.22. The Bertz CT molecular complexity index is 472. The van der Waals surface area contributed by atoms with Crippen LogP contribution in [0.25, 0.3) is 0 Å². The van der Waals surface area contributed by atoms with E-state index >= 15 is 0 Å². The summed E-state index contributed by atoms with van der Waals surface area (Å²) in [5.41, 5.74) is 1.90. The molecule has 1 saturated heterocycles. The van der Waals surface area contributed by atoms with Crippen molar-refractivity contribution in [2.24, 2.45) is 5.92 Å². The van der Waals surface area contributed by atoms with Gasteiger partial charge in [0.1, 0.15) is 0 Å². The molecule has 0 bridgehead atoms. The summed E-state index contributed by atoms with van der Waals surface area (Å²) in [5, 5.41) is 0. The Morgan fingerprint density at radius 3 is 2.71 bits per heavy atom. The lowest BCUT2D eigenvalue weighted by atomic mass is 9.86. The lowest BCUT2D eigenvalue weighted by molar-refractivity contribution is -0.186. The number of benzene rings is 1. The summed E-state index contributed by atoms with van der Waals surface area (Å²) in [6.45, 7) is 0.868. The van der Waals surface area contributed by atoms with Gasteiger partial charge in [-0.1, -0.05) is 24.3 Å². The van der Waals surface area contributed by atoms with E-state index in [1.807, 2.05) is 28.6 Å². The Labute approximate surface area is 139 Å². The fourth-order valence-electron chi connectivity index (χ4n) is 2.75. The van der Waals surface area contributed by atoms with Gasteiger partial charge in [-0.15, -0.1) is 0 Å². The molecular formula is C14H17F3INOS. The van der Waals surface area contributed by atoms with Gasteiger partial charge in [0, 0.05) is 40.9 Å². The Hall–Kier alpha value is 0.01000. The largest absolute Gasteiger partial charge is 0.391 e. The molecule has 0 amide bonds. The summed E-state index contributed by atoms with van der Waals surface area (Å²) in [4.78, 5) is 0. The van der Waals surface area contributed by atoms with Crippen LogP contribution in [-0.2, 0) is 11.3 Å². The highest BCUT2D eigenvalue weighted by molar-refractivity contribution is 14.2. The van der Waals surface area contributed by atoms with Gasteiger partial charge in [-0.3, -0.25) is 0 Å². The highest BCUT2D eigenvalue weighted by atomic mass is 127. The molecule has 1 aromatic rings. The van der Waals surface area contributed by atoms with E-state index in [1.165, 1.54) is 9.12 Å². The maximum Gasteiger partial charge on any atom is 0.391 e. The average Bonchev–Trinajstić information content (AvgIpc) is 2.46. The zero-order chi connectivity index (χ0) is 15.5. The molecule has 0 spiro atoms. The number of nitrogens with zero attached hydrogens (tertiary/aromatic N) is 1. The maximum absolute atomic E-state index is 13.1. The van der Waals surface area contributed by atoms with Crippen molar-refractivity contribution in [1.29, 1.82) is 0 Å². The van der Waals surface area contributed by atoms with Crippen LogP contribution in [0, 0.1) is 5.92 Å². The van der Waals surface area contributed by atoms with Crippen LogP contribution in [-0.4, -0.2) is 24.1 Å². The third-order valence-corrected chi connectivity index (χ3v) is 5.95. The molecule has 1 heterocycles. The molecule has 1 aromatic carbocycles. The van der Waals surface area contributed by atoms with E-state index in [1.54, 1.807) is 7.11 Å². The Balaban J connectivity index is 2.29. The molecule has 1 aliphatic heterocycles. The van der Waals surface area contributed by atoms with Crippen LogP contribution < -0.4 is 0 Å². The molecule has 7 heteroatoms. The molecule has 0 radical (unpaired) electrons. The van der Waals surface area contributed by atoms with Crippen LogP contribution in [0.2, 0.25) is 0 Å². The molecule has 2 atom stereocenters. The van der Waals surface area contributed by atoms with E-state index in [0.29, 0.717) is 13.2 Å². The van der Waals surface area contributed by atoms with Crippen molar-refractivity contribution in [3.8, 4) is 0 Å². The SMILES string of the molecule is COCc1ccccc1[C@H]1C[C@@H](C(F)(F)F)CCN1SI. The van der Waals surface area contributed by atoms with Gasteiger partial charge >= 0.3 is 6.18 Å². The highest BCUT2D eigenvalue weighted by Crippen LogP contribution is 2.46. The predicted octanol–water partition coefficient (Wildman–Crippen LogP) is 5.15. The smallest absolute Gasteiger partial charge is 0.380 e. The molecule has 0 saturated carbocycles. The third kappa shape index (κ3) is 4.27. The monoisotopic (exact) mass is 431 g/mol. The summed E-state index contributed by atoms with van der Waals surface area (Å²) >= 11 is 2.14. The zero-order valence-corrected chi connectivity index (χ0v) is 14.5. The van der Waals surface area contributed by atoms with Crippen LogP contribution in [0.1, 0.15) is 30.0 Å². The van der Waals surface area contributed by atoms with Gasteiger partial charge < -0.3 is 4.74 Å². The average molecular weight is 431 g/mol. The number of ether oxygens (including phenoxy) is 1. The number of hydrogen-bond donors (Lipinski definition) is 0. The number of alkyl halides is 3. The molecule has 2 rings (SSSR count). The topological polar surface area (TPSA) is 12.5 Å². The first-order valence-corrected chi connectivity index (χ1v) is 9.97. The Morgan fingerprint density at radius 2 is 2.10 bits per heavy atom. The van der Waals surface area contributed by atoms with Crippen LogP contribution in [0.15, 0.2) is 24.3 Å². The van der Waals surface area contributed by atoms with E-state index in [9.17, 15) is 13.2 Å². The van der Waals surface area contributed by atoms with Gasteiger partial charge in [-0.2, -0.15) is 13.2 Å². The molecule has 0 unspecified atom stereocenters. The molecule has 118 valence electrons. The summed E-state index contributed by atoms with van der Waals surface area (Å²) in [7, 11) is 3.08. The lowest BCUT2D eigenvalue weighted by Crippen LogP contribution is -2.38. The van der Waals surface area contributed by atoms with E-state index in [4.69, 9.17) is 4.74 Å². The standard InChI is InChI=1S/C14H17F3INOS/c1-20-9-10-4-2-3-5-12(10)13-8-11(14(15,16)17)6-7-19(13)21-18/h2-5,11,13H,6-9H2,1H3/t11-,13+/m0/s1. The normalized spacial score (nSPS) is 24.2. The minimum absolute atomic E-state index is 0.111. The minimum Gasteiger partial charge on any atom is -0.380 e. The number of hydrogen-bond acceptors (Lipinski definition) is 3. The molecule has 1 aliphatic rings. The second kappa shape index (κ2) is 7.52. The van der Waals surface area contributed by atoms with E-state index in [2.05, 4.69) is 21.2 Å². The molecule has 0 aromatic heterocycles. The van der Waals surface area contributed by atoms with E-state index in [-0.39, 0.29) is 18.9 Å². The second-order valence-electron chi connectivity index (χ2n) is 5.12. The van der Waals surface area contributed by atoms with Crippen LogP contribution in [0.3, 0.4) is 0 Å². The minimum atomic E-state index is -4.11. The van der Waals surface area contributed by atoms with Gasteiger partial charge in [-0.05, 0) is 33.1 Å². The fourth-order valence-corrected chi connectivity index (χ4v) is 4.64. The number of rotatable bonds is 4. The molecule has 0 aliphatic carbocycles. The van der Waals surface area contributed by atoms with Gasteiger partial charge in [-0.25, -0.2) is 4.31 Å². The molecule has 1 fully saturated rings. The number of piperidine rings is 1. The van der Waals surface area contributed by atoms with Crippen molar-refractivity contribution in [3.05, 3.63) is 35.4 Å².